The van der Waals surface area contributed by atoms with Crippen LogP contribution in [0.3, 0.4) is 0 Å². The Labute approximate surface area is 169 Å². The molecule has 4 rings (SSSR count). The zero-order chi connectivity index (χ0) is 21.0. The van der Waals surface area contributed by atoms with Crippen molar-refractivity contribution in [3.8, 4) is 0 Å². The molecular weight excluding hydrogens is 376 g/mol. The van der Waals surface area contributed by atoms with Gasteiger partial charge in [0.05, 0.1) is 10.9 Å². The molecule has 29 heavy (non-hydrogen) atoms. The summed E-state index contributed by atoms with van der Waals surface area (Å²) in [5, 5.41) is 0.238. The van der Waals surface area contributed by atoms with Crippen LogP contribution in [-0.4, -0.2) is 21.8 Å². The number of amides is 1. The van der Waals surface area contributed by atoms with E-state index < -0.39 is 11.8 Å². The summed E-state index contributed by atoms with van der Waals surface area (Å²) in [6.45, 7) is 2.31. The maximum absolute atomic E-state index is 13.0. The van der Waals surface area contributed by atoms with Crippen molar-refractivity contribution >= 4 is 16.8 Å². The number of hydrogen-bond acceptors (Lipinski definition) is 3. The molecule has 0 atom stereocenters. The summed E-state index contributed by atoms with van der Waals surface area (Å²) in [5.74, 6) is -0.814. The largest absolute Gasteiger partial charge is 0.364 e. The van der Waals surface area contributed by atoms with Crippen molar-refractivity contribution in [2.24, 2.45) is 23.5 Å². The molecule has 0 aromatic carbocycles. The molecule has 7 heteroatoms. The van der Waals surface area contributed by atoms with Crippen LogP contribution in [0.5, 0.6) is 0 Å². The molecule has 5 nitrogen and oxygen atoms in total. The van der Waals surface area contributed by atoms with Crippen molar-refractivity contribution < 1.29 is 13.6 Å². The van der Waals surface area contributed by atoms with Gasteiger partial charge >= 0.3 is 0 Å². The Morgan fingerprint density at radius 2 is 1.72 bits per heavy atom. The number of halogens is 2. The summed E-state index contributed by atoms with van der Waals surface area (Å²) in [7, 11) is 0. The minimum absolute atomic E-state index is 0.00403. The normalized spacial score (nSPS) is 24.5. The zero-order valence-corrected chi connectivity index (χ0v) is 16.8. The molecule has 0 saturated heterocycles. The maximum Gasteiger partial charge on any atom is 0.268 e. The van der Waals surface area contributed by atoms with Crippen LogP contribution < -0.4 is 11.2 Å². The van der Waals surface area contributed by atoms with Crippen LogP contribution in [0.2, 0.25) is 0 Å². The third-order valence-corrected chi connectivity index (χ3v) is 6.39. The van der Waals surface area contributed by atoms with Gasteiger partial charge in [0.15, 0.2) is 5.43 Å². The monoisotopic (exact) mass is 405 g/mol. The predicted molar refractivity (Wildman–Crippen MR) is 109 cm³/mol. The highest BCUT2D eigenvalue weighted by Gasteiger charge is 2.38. The van der Waals surface area contributed by atoms with E-state index in [4.69, 9.17) is 5.73 Å². The quantitative estimate of drug-likeness (QED) is 0.761. The third kappa shape index (κ3) is 5.40. The highest BCUT2D eigenvalue weighted by Crippen LogP contribution is 2.43. The van der Waals surface area contributed by atoms with E-state index in [1.54, 1.807) is 6.07 Å². The Bertz CT molecular complexity index is 889. The second-order valence-corrected chi connectivity index (χ2v) is 8.50. The first-order valence-corrected chi connectivity index (χ1v) is 10.4. The van der Waals surface area contributed by atoms with Crippen LogP contribution in [0.15, 0.2) is 29.3 Å². The van der Waals surface area contributed by atoms with Gasteiger partial charge in [0, 0.05) is 31.3 Å². The van der Waals surface area contributed by atoms with Gasteiger partial charge < -0.3 is 10.7 Å². The van der Waals surface area contributed by atoms with Crippen LogP contribution in [-0.2, 0) is 0 Å². The molecule has 2 aromatic heterocycles. The number of aromatic nitrogens is 2. The molecule has 0 radical (unpaired) electrons. The number of aromatic amines is 1. The van der Waals surface area contributed by atoms with E-state index >= 15 is 0 Å². The second kappa shape index (κ2) is 9.01. The molecule has 1 amide bonds. The topological polar surface area (TPSA) is 88.8 Å². The molecule has 2 fully saturated rings. The van der Waals surface area contributed by atoms with Crippen LogP contribution >= 0.6 is 0 Å². The smallest absolute Gasteiger partial charge is 0.268 e. The minimum Gasteiger partial charge on any atom is -0.364 e. The predicted octanol–water partition coefficient (Wildman–Crippen LogP) is 4.66. The van der Waals surface area contributed by atoms with Gasteiger partial charge in [-0.15, -0.1) is 0 Å². The number of nitrogens with one attached hydrogen (secondary N) is 1. The van der Waals surface area contributed by atoms with Crippen molar-refractivity contribution in [1.29, 1.82) is 0 Å². The van der Waals surface area contributed by atoms with Crippen LogP contribution in [0.1, 0.15) is 68.8 Å². The second-order valence-electron chi connectivity index (χ2n) is 8.50. The number of alkyl halides is 2. The fourth-order valence-corrected chi connectivity index (χ4v) is 4.60. The standard InChI is InChI=1S/C13H22F2.C9H7N3O2/c1-10-2-4-11(5-3-10)12-6-8-13(14,15)9-7-12;10-9(14)8-7-5(1-3-12-8)11-4-2-6(7)13/h10-12H,2-9H2,1H3;1-4H,(H2,10,14)(H,11,13). The van der Waals surface area contributed by atoms with E-state index in [0.717, 1.165) is 24.7 Å². The van der Waals surface area contributed by atoms with Gasteiger partial charge in [0.2, 0.25) is 5.92 Å². The molecule has 2 aliphatic rings. The number of carbonyl (C=O) groups is 1. The first kappa shape index (κ1) is 21.4. The molecule has 0 aliphatic heterocycles. The average Bonchev–Trinajstić information content (AvgIpc) is 2.69. The molecule has 0 bridgehead atoms. The Morgan fingerprint density at radius 3 is 2.34 bits per heavy atom. The fourth-order valence-electron chi connectivity index (χ4n) is 4.60. The van der Waals surface area contributed by atoms with Gasteiger partial charge in [-0.3, -0.25) is 14.6 Å². The molecule has 2 saturated carbocycles. The van der Waals surface area contributed by atoms with Crippen LogP contribution in [0.4, 0.5) is 8.78 Å². The van der Waals surface area contributed by atoms with Gasteiger partial charge in [-0.2, -0.15) is 0 Å². The molecule has 2 aromatic rings. The number of nitrogens with two attached hydrogens (primary N) is 1. The number of fused-ring (bicyclic) bond motifs is 1. The van der Waals surface area contributed by atoms with Gasteiger partial charge in [0.1, 0.15) is 5.69 Å². The Hall–Kier alpha value is -2.31. The molecule has 2 aliphatic carbocycles. The SMILES string of the molecule is CC1CCC(C2CCC(F)(F)CC2)CC1.NC(=O)c1nccc2[nH]ccc(=O)c12. The number of nitrogens with zero attached hydrogens (tertiary/aromatic N) is 1. The van der Waals surface area contributed by atoms with Crippen molar-refractivity contribution in [2.75, 3.05) is 0 Å². The Morgan fingerprint density at radius 1 is 1.10 bits per heavy atom. The molecule has 2 heterocycles. The van der Waals surface area contributed by atoms with E-state index in [2.05, 4.69) is 16.9 Å². The molecule has 3 N–H and O–H groups in total. The van der Waals surface area contributed by atoms with Crippen molar-refractivity contribution in [3.63, 3.8) is 0 Å². The van der Waals surface area contributed by atoms with Gasteiger partial charge in [-0.25, -0.2) is 8.78 Å². The van der Waals surface area contributed by atoms with E-state index in [9.17, 15) is 18.4 Å². The first-order chi connectivity index (χ1) is 13.8. The lowest BCUT2D eigenvalue weighted by atomic mass is 9.71. The highest BCUT2D eigenvalue weighted by atomic mass is 19.3. The number of carbonyl (C=O) groups excluding carboxylic acids is 1. The zero-order valence-electron chi connectivity index (χ0n) is 16.8. The highest BCUT2D eigenvalue weighted by molar-refractivity contribution is 6.03. The van der Waals surface area contributed by atoms with E-state index in [-0.39, 0.29) is 29.4 Å². The Balaban J connectivity index is 0.000000166. The number of rotatable bonds is 2. The lowest BCUT2D eigenvalue weighted by Crippen LogP contribution is -2.30. The van der Waals surface area contributed by atoms with Crippen LogP contribution in [0.25, 0.3) is 10.9 Å². The molecule has 0 unspecified atom stereocenters. The van der Waals surface area contributed by atoms with E-state index in [1.165, 1.54) is 44.1 Å². The van der Waals surface area contributed by atoms with E-state index in [0.29, 0.717) is 11.4 Å². The summed E-state index contributed by atoms with van der Waals surface area (Å²) in [6.07, 6.45) is 9.98. The van der Waals surface area contributed by atoms with Gasteiger partial charge in [-0.1, -0.05) is 19.8 Å². The van der Waals surface area contributed by atoms with Gasteiger partial charge in [0.25, 0.3) is 5.91 Å². The number of H-pyrrole nitrogens is 1. The average molecular weight is 405 g/mol. The lowest BCUT2D eigenvalue weighted by Gasteiger charge is -2.37. The van der Waals surface area contributed by atoms with Crippen molar-refractivity contribution in [2.45, 2.75) is 64.2 Å². The van der Waals surface area contributed by atoms with Gasteiger partial charge in [-0.05, 0) is 49.5 Å². The summed E-state index contributed by atoms with van der Waals surface area (Å²) in [4.78, 5) is 29.0. The Kier molecular flexibility index (Phi) is 6.65. The minimum atomic E-state index is -2.35. The maximum atomic E-state index is 13.0. The van der Waals surface area contributed by atoms with Crippen LogP contribution in [0, 0.1) is 17.8 Å². The number of pyridine rings is 2. The third-order valence-electron chi connectivity index (χ3n) is 6.39. The summed E-state index contributed by atoms with van der Waals surface area (Å²) in [5.41, 5.74) is 5.39. The number of hydrogen-bond donors (Lipinski definition) is 2. The summed E-state index contributed by atoms with van der Waals surface area (Å²) in [6, 6.07) is 2.94. The fraction of sp³-hybridized carbons (Fsp3) is 0.591. The number of primary amides is 1. The van der Waals surface area contributed by atoms with Crippen molar-refractivity contribution in [1.82, 2.24) is 9.97 Å². The van der Waals surface area contributed by atoms with E-state index in [1.807, 2.05) is 0 Å². The molecular formula is C22H29F2N3O2. The van der Waals surface area contributed by atoms with Crippen molar-refractivity contribution in [3.05, 3.63) is 40.4 Å². The summed E-state index contributed by atoms with van der Waals surface area (Å²) < 4.78 is 26.0. The molecule has 0 spiro atoms. The molecule has 158 valence electrons. The summed E-state index contributed by atoms with van der Waals surface area (Å²) >= 11 is 0. The lowest BCUT2D eigenvalue weighted by molar-refractivity contribution is -0.0548. The first-order valence-electron chi connectivity index (χ1n) is 10.4.